The first-order valence-corrected chi connectivity index (χ1v) is 7.18. The maximum Gasteiger partial charge on any atom is 0.139 e. The molecule has 1 aromatic carbocycles. The Balaban J connectivity index is 1.70. The molecule has 1 saturated heterocycles. The highest BCUT2D eigenvalue weighted by atomic mass is 15.2. The second-order valence-electron chi connectivity index (χ2n) is 5.23. The number of hydrogen-bond acceptors (Lipinski definition) is 5. The molecule has 0 unspecified atom stereocenters. The van der Waals surface area contributed by atoms with Crippen molar-refractivity contribution in [1.29, 1.82) is 0 Å². The Morgan fingerprint density at radius 1 is 1.20 bits per heavy atom. The number of fused-ring (bicyclic) bond motifs is 1. The van der Waals surface area contributed by atoms with Gasteiger partial charge in [0.25, 0.3) is 0 Å². The molecule has 0 amide bonds. The second-order valence-corrected chi connectivity index (χ2v) is 5.23. The molecule has 0 spiro atoms. The Kier molecular flexibility index (Phi) is 4.08. The van der Waals surface area contributed by atoms with Gasteiger partial charge in [-0.2, -0.15) is 0 Å². The summed E-state index contributed by atoms with van der Waals surface area (Å²) in [7, 11) is 2.11. The summed E-state index contributed by atoms with van der Waals surface area (Å²) in [6, 6.07) is 8.18. The minimum atomic E-state index is 0.987. The van der Waals surface area contributed by atoms with Gasteiger partial charge < -0.3 is 10.2 Å². The van der Waals surface area contributed by atoms with E-state index in [9.17, 15) is 0 Å². The molecule has 1 fully saturated rings. The van der Waals surface area contributed by atoms with Crippen molar-refractivity contribution in [3.63, 3.8) is 0 Å². The monoisotopic (exact) mass is 271 g/mol. The van der Waals surface area contributed by atoms with Crippen LogP contribution in [0.25, 0.3) is 10.9 Å². The molecule has 0 aliphatic carbocycles. The van der Waals surface area contributed by atoms with Gasteiger partial charge in [-0.25, -0.2) is 9.97 Å². The van der Waals surface area contributed by atoms with Gasteiger partial charge in [-0.05, 0) is 12.1 Å². The molecule has 20 heavy (non-hydrogen) atoms. The molecular weight excluding hydrogens is 250 g/mol. The quantitative estimate of drug-likeness (QED) is 0.898. The van der Waals surface area contributed by atoms with Crippen molar-refractivity contribution in [2.45, 2.75) is 0 Å². The zero-order valence-corrected chi connectivity index (χ0v) is 11.9. The number of hydrogen-bond donors (Lipinski definition) is 1. The summed E-state index contributed by atoms with van der Waals surface area (Å²) >= 11 is 0. The average molecular weight is 271 g/mol. The van der Waals surface area contributed by atoms with E-state index in [1.165, 1.54) is 0 Å². The normalized spacial score (nSPS) is 16.4. The van der Waals surface area contributed by atoms with Gasteiger partial charge in [-0.3, -0.25) is 4.90 Å². The molecule has 0 saturated carbocycles. The highest BCUT2D eigenvalue weighted by Gasteiger charge is 2.12. The lowest BCUT2D eigenvalue weighted by Gasteiger charge is -2.29. The lowest BCUT2D eigenvalue weighted by molar-refractivity contribution is 0.246. The summed E-state index contributed by atoms with van der Waals surface area (Å²) < 4.78 is 0. The first kappa shape index (κ1) is 13.3. The van der Waals surface area contributed by atoms with E-state index in [0.717, 1.165) is 56.0 Å². The van der Waals surface area contributed by atoms with Crippen LogP contribution < -0.4 is 10.2 Å². The third kappa shape index (κ3) is 2.89. The van der Waals surface area contributed by atoms with E-state index in [2.05, 4.69) is 38.2 Å². The van der Waals surface area contributed by atoms with Crippen LogP contribution in [0.1, 0.15) is 0 Å². The summed E-state index contributed by atoms with van der Waals surface area (Å²) in [5.74, 6) is 1.02. The molecule has 1 N–H and O–H groups in total. The Morgan fingerprint density at radius 2 is 2.00 bits per heavy atom. The van der Waals surface area contributed by atoms with Crippen LogP contribution in [0.3, 0.4) is 0 Å². The molecule has 2 heterocycles. The topological polar surface area (TPSA) is 44.3 Å². The van der Waals surface area contributed by atoms with E-state index < -0.39 is 0 Å². The van der Waals surface area contributed by atoms with Crippen molar-refractivity contribution in [3.05, 3.63) is 30.6 Å². The highest BCUT2D eigenvalue weighted by molar-refractivity contribution is 5.89. The minimum Gasteiger partial charge on any atom is -0.358 e. The fourth-order valence-electron chi connectivity index (χ4n) is 2.63. The predicted molar refractivity (Wildman–Crippen MR) is 82.1 cm³/mol. The van der Waals surface area contributed by atoms with Crippen molar-refractivity contribution in [3.8, 4) is 0 Å². The molecule has 106 valence electrons. The molecule has 1 aliphatic heterocycles. The van der Waals surface area contributed by atoms with Gasteiger partial charge in [0.2, 0.25) is 0 Å². The molecular formula is C15H21N5. The Bertz CT molecular complexity index is 560. The Hall–Kier alpha value is -1.72. The molecule has 0 radical (unpaired) electrons. The van der Waals surface area contributed by atoms with E-state index in [1.807, 2.05) is 18.2 Å². The minimum absolute atomic E-state index is 0.987. The smallest absolute Gasteiger partial charge is 0.139 e. The van der Waals surface area contributed by atoms with Crippen LogP contribution in [-0.2, 0) is 0 Å². The lowest BCUT2D eigenvalue weighted by atomic mass is 10.2. The van der Waals surface area contributed by atoms with Crippen molar-refractivity contribution in [2.75, 3.05) is 51.2 Å². The van der Waals surface area contributed by atoms with Crippen LogP contribution in [0.5, 0.6) is 0 Å². The summed E-state index contributed by atoms with van der Waals surface area (Å²) in [5.41, 5.74) is 1.01. The van der Waals surface area contributed by atoms with Crippen molar-refractivity contribution < 1.29 is 0 Å². The van der Waals surface area contributed by atoms with E-state index in [1.54, 1.807) is 6.33 Å². The van der Waals surface area contributed by atoms with E-state index >= 15 is 0 Å². The summed E-state index contributed by atoms with van der Waals surface area (Å²) in [5, 5.41) is 4.51. The number of likely N-dealkylation sites (N-methyl/N-ethyl adjacent to an activating group) is 1. The van der Waals surface area contributed by atoms with Gasteiger partial charge in [-0.15, -0.1) is 0 Å². The van der Waals surface area contributed by atoms with Crippen LogP contribution in [0.2, 0.25) is 0 Å². The van der Waals surface area contributed by atoms with Crippen LogP contribution in [0.15, 0.2) is 30.6 Å². The van der Waals surface area contributed by atoms with Crippen LogP contribution in [0, 0.1) is 0 Å². The predicted octanol–water partition coefficient (Wildman–Crippen LogP) is 0.971. The molecule has 1 aliphatic rings. The molecule has 3 rings (SSSR count). The zero-order valence-electron chi connectivity index (χ0n) is 11.9. The van der Waals surface area contributed by atoms with Crippen LogP contribution in [-0.4, -0.2) is 61.2 Å². The van der Waals surface area contributed by atoms with E-state index in [0.29, 0.717) is 0 Å². The third-order valence-electron chi connectivity index (χ3n) is 3.84. The average Bonchev–Trinajstić information content (AvgIpc) is 2.53. The summed E-state index contributed by atoms with van der Waals surface area (Å²) in [6.07, 6.45) is 1.65. The highest BCUT2D eigenvalue weighted by Crippen LogP contribution is 2.21. The summed E-state index contributed by atoms with van der Waals surface area (Å²) in [4.78, 5) is 13.5. The molecule has 5 heteroatoms. The number of para-hydroxylation sites is 1. The first-order chi connectivity index (χ1) is 9.84. The second kappa shape index (κ2) is 6.15. The van der Waals surface area contributed by atoms with Crippen LogP contribution in [0.4, 0.5) is 5.82 Å². The number of rotatable bonds is 4. The molecule has 0 bridgehead atoms. The fraction of sp³-hybridized carbons (Fsp3) is 0.467. The maximum absolute atomic E-state index is 4.45. The standard InChI is InChI=1S/C15H21N5/c1-19(10-11-20-8-6-16-7-9-20)15-13-4-2-3-5-14(13)17-12-18-15/h2-5,12,16H,6-11H2,1H3. The number of benzene rings is 1. The number of nitrogens with zero attached hydrogens (tertiary/aromatic N) is 4. The van der Waals surface area contributed by atoms with Gasteiger partial charge in [0.05, 0.1) is 5.52 Å². The van der Waals surface area contributed by atoms with Gasteiger partial charge in [0.1, 0.15) is 12.1 Å². The summed E-state index contributed by atoms with van der Waals surface area (Å²) in [6.45, 7) is 6.54. The molecule has 1 aromatic heterocycles. The first-order valence-electron chi connectivity index (χ1n) is 7.18. The maximum atomic E-state index is 4.45. The fourth-order valence-corrected chi connectivity index (χ4v) is 2.63. The van der Waals surface area contributed by atoms with Gasteiger partial charge in [0, 0.05) is 51.7 Å². The van der Waals surface area contributed by atoms with Gasteiger partial charge >= 0.3 is 0 Å². The van der Waals surface area contributed by atoms with Gasteiger partial charge in [0.15, 0.2) is 0 Å². The SMILES string of the molecule is CN(CCN1CCNCC1)c1ncnc2ccccc12. The number of piperazine rings is 1. The lowest BCUT2D eigenvalue weighted by Crippen LogP contribution is -2.46. The van der Waals surface area contributed by atoms with Crippen molar-refractivity contribution in [1.82, 2.24) is 20.2 Å². The van der Waals surface area contributed by atoms with Crippen molar-refractivity contribution in [2.24, 2.45) is 0 Å². The van der Waals surface area contributed by atoms with E-state index in [-0.39, 0.29) is 0 Å². The largest absolute Gasteiger partial charge is 0.358 e. The third-order valence-corrected chi connectivity index (χ3v) is 3.84. The number of anilines is 1. The number of aromatic nitrogens is 2. The molecule has 0 atom stereocenters. The molecule has 5 nitrogen and oxygen atoms in total. The number of nitrogens with one attached hydrogen (secondary N) is 1. The Labute approximate surface area is 119 Å². The van der Waals surface area contributed by atoms with Crippen molar-refractivity contribution >= 4 is 16.7 Å². The zero-order chi connectivity index (χ0) is 13.8. The van der Waals surface area contributed by atoms with E-state index in [4.69, 9.17) is 0 Å². The molecule has 2 aromatic rings. The van der Waals surface area contributed by atoms with Crippen LogP contribution >= 0.6 is 0 Å². The van der Waals surface area contributed by atoms with Gasteiger partial charge in [-0.1, -0.05) is 12.1 Å². The Morgan fingerprint density at radius 3 is 2.85 bits per heavy atom.